The fourth-order valence-corrected chi connectivity index (χ4v) is 6.05. The predicted molar refractivity (Wildman–Crippen MR) is 179 cm³/mol. The van der Waals surface area contributed by atoms with E-state index in [1.165, 1.54) is 148 Å². The van der Waals surface area contributed by atoms with E-state index in [0.29, 0.717) is 18.9 Å². The molecule has 1 amide bonds. The van der Waals surface area contributed by atoms with E-state index >= 15 is 0 Å². The lowest BCUT2D eigenvalue weighted by atomic mass is 9.94. The SMILES string of the molecule is CCCCCCCCCCCCCCCCN(CC(O)CO)C(=O)CC(CC)CCCCCCCCCCCCC. The number of aliphatic hydroxyl groups excluding tert-OH is 2. The molecule has 246 valence electrons. The maximum absolute atomic E-state index is 13.2. The Hall–Kier alpha value is -0.610. The molecule has 0 fully saturated rings. The van der Waals surface area contributed by atoms with Gasteiger partial charge >= 0.3 is 0 Å². The number of unbranched alkanes of at least 4 members (excludes halogenated alkanes) is 23. The zero-order valence-electron chi connectivity index (χ0n) is 28.3. The van der Waals surface area contributed by atoms with E-state index in [1.54, 1.807) is 0 Å². The van der Waals surface area contributed by atoms with Gasteiger partial charge in [-0.2, -0.15) is 0 Å². The zero-order chi connectivity index (χ0) is 30.2. The molecular weight excluding hydrogens is 506 g/mol. The van der Waals surface area contributed by atoms with Crippen LogP contribution in [0.4, 0.5) is 0 Å². The average molecular weight is 582 g/mol. The first-order valence-electron chi connectivity index (χ1n) is 18.7. The Morgan fingerprint density at radius 2 is 0.927 bits per heavy atom. The summed E-state index contributed by atoms with van der Waals surface area (Å²) < 4.78 is 0. The maximum atomic E-state index is 13.2. The van der Waals surface area contributed by atoms with E-state index in [-0.39, 0.29) is 19.1 Å². The Kier molecular flexibility index (Phi) is 31.8. The maximum Gasteiger partial charge on any atom is 0.222 e. The molecule has 41 heavy (non-hydrogen) atoms. The van der Waals surface area contributed by atoms with Gasteiger partial charge in [0.25, 0.3) is 0 Å². The quantitative estimate of drug-likeness (QED) is 0.0758. The molecule has 0 saturated heterocycles. The van der Waals surface area contributed by atoms with E-state index in [9.17, 15) is 15.0 Å². The number of carbonyl (C=O) groups excluding carboxylic acids is 1. The van der Waals surface area contributed by atoms with Crippen molar-refractivity contribution in [2.75, 3.05) is 19.7 Å². The molecule has 2 unspecified atom stereocenters. The minimum atomic E-state index is -0.836. The van der Waals surface area contributed by atoms with E-state index in [2.05, 4.69) is 20.8 Å². The summed E-state index contributed by atoms with van der Waals surface area (Å²) in [5, 5.41) is 19.4. The first-order valence-corrected chi connectivity index (χ1v) is 18.7. The molecule has 0 aliphatic heterocycles. The Morgan fingerprint density at radius 1 is 0.561 bits per heavy atom. The normalized spacial score (nSPS) is 13.0. The van der Waals surface area contributed by atoms with Gasteiger partial charge in [0.15, 0.2) is 0 Å². The van der Waals surface area contributed by atoms with Gasteiger partial charge in [0.2, 0.25) is 5.91 Å². The summed E-state index contributed by atoms with van der Waals surface area (Å²) in [7, 11) is 0. The van der Waals surface area contributed by atoms with Crippen molar-refractivity contribution in [1.29, 1.82) is 0 Å². The molecule has 4 heteroatoms. The topological polar surface area (TPSA) is 60.8 Å². The lowest BCUT2D eigenvalue weighted by Crippen LogP contribution is -2.40. The summed E-state index contributed by atoms with van der Waals surface area (Å²) in [6.07, 6.45) is 35.3. The van der Waals surface area contributed by atoms with Gasteiger partial charge in [-0.3, -0.25) is 4.79 Å². The van der Waals surface area contributed by atoms with Crippen molar-refractivity contribution in [3.63, 3.8) is 0 Å². The highest BCUT2D eigenvalue weighted by Crippen LogP contribution is 2.21. The van der Waals surface area contributed by atoms with Crippen molar-refractivity contribution in [3.8, 4) is 0 Å². The molecule has 0 aromatic rings. The second-order valence-electron chi connectivity index (χ2n) is 13.1. The molecule has 0 aliphatic rings. The number of amides is 1. The highest BCUT2D eigenvalue weighted by Gasteiger charge is 2.20. The van der Waals surface area contributed by atoms with Crippen LogP contribution < -0.4 is 0 Å². The smallest absolute Gasteiger partial charge is 0.222 e. The predicted octanol–water partition coefficient (Wildman–Crippen LogP) is 10.8. The van der Waals surface area contributed by atoms with Crippen molar-refractivity contribution >= 4 is 5.91 Å². The van der Waals surface area contributed by atoms with E-state index < -0.39 is 6.10 Å². The van der Waals surface area contributed by atoms with Crippen LogP contribution in [0.5, 0.6) is 0 Å². The summed E-state index contributed by atoms with van der Waals surface area (Å²) in [6.45, 7) is 7.46. The van der Waals surface area contributed by atoms with E-state index in [0.717, 1.165) is 25.7 Å². The van der Waals surface area contributed by atoms with Crippen LogP contribution >= 0.6 is 0 Å². The van der Waals surface area contributed by atoms with Crippen molar-refractivity contribution in [2.24, 2.45) is 5.92 Å². The van der Waals surface area contributed by atoms with Gasteiger partial charge in [0, 0.05) is 19.5 Å². The van der Waals surface area contributed by atoms with E-state index in [4.69, 9.17) is 0 Å². The minimum Gasteiger partial charge on any atom is -0.394 e. The molecule has 0 heterocycles. The van der Waals surface area contributed by atoms with Gasteiger partial charge in [-0.1, -0.05) is 181 Å². The monoisotopic (exact) mass is 582 g/mol. The fraction of sp³-hybridized carbons (Fsp3) is 0.973. The second kappa shape index (κ2) is 32.3. The average Bonchev–Trinajstić information content (AvgIpc) is 2.98. The third-order valence-corrected chi connectivity index (χ3v) is 9.03. The van der Waals surface area contributed by atoms with Gasteiger partial charge in [-0.25, -0.2) is 0 Å². The molecule has 0 saturated carbocycles. The highest BCUT2D eigenvalue weighted by molar-refractivity contribution is 5.76. The number of hydrogen-bond donors (Lipinski definition) is 2. The number of hydrogen-bond acceptors (Lipinski definition) is 3. The first kappa shape index (κ1) is 40.4. The van der Waals surface area contributed by atoms with Crippen LogP contribution in [-0.2, 0) is 4.79 Å². The molecule has 0 aliphatic carbocycles. The number of rotatable bonds is 33. The van der Waals surface area contributed by atoms with Crippen LogP contribution in [0.3, 0.4) is 0 Å². The molecule has 2 atom stereocenters. The van der Waals surface area contributed by atoms with Crippen LogP contribution in [0.15, 0.2) is 0 Å². The second-order valence-corrected chi connectivity index (χ2v) is 13.1. The molecule has 0 radical (unpaired) electrons. The zero-order valence-corrected chi connectivity index (χ0v) is 28.3. The standard InChI is InChI=1S/C37H75NO3/c1-4-7-9-11-13-15-17-18-19-21-23-25-27-29-31-38(33-36(40)34-39)37(41)32-35(6-3)30-28-26-24-22-20-16-14-12-10-8-5-2/h35-36,39-40H,4-34H2,1-3H3. The molecule has 4 nitrogen and oxygen atoms in total. The molecule has 0 rings (SSSR count). The Labute approximate surface area is 257 Å². The highest BCUT2D eigenvalue weighted by atomic mass is 16.3. The van der Waals surface area contributed by atoms with Gasteiger partial charge in [0.1, 0.15) is 0 Å². The summed E-state index contributed by atoms with van der Waals surface area (Å²) in [4.78, 5) is 15.0. The van der Waals surface area contributed by atoms with E-state index in [1.807, 2.05) is 4.90 Å². The largest absolute Gasteiger partial charge is 0.394 e. The van der Waals surface area contributed by atoms with Gasteiger partial charge in [-0.15, -0.1) is 0 Å². The Balaban J connectivity index is 4.02. The number of nitrogens with zero attached hydrogens (tertiary/aromatic N) is 1. The minimum absolute atomic E-state index is 0.169. The van der Waals surface area contributed by atoms with Crippen molar-refractivity contribution in [1.82, 2.24) is 4.90 Å². The van der Waals surface area contributed by atoms with Crippen LogP contribution in [0.25, 0.3) is 0 Å². The number of carbonyl (C=O) groups is 1. The Bertz CT molecular complexity index is 526. The molecular formula is C37H75NO3. The molecule has 0 aromatic carbocycles. The van der Waals surface area contributed by atoms with Crippen molar-refractivity contribution in [3.05, 3.63) is 0 Å². The van der Waals surface area contributed by atoms with Crippen molar-refractivity contribution < 1.29 is 15.0 Å². The van der Waals surface area contributed by atoms with Crippen LogP contribution in [0.1, 0.15) is 201 Å². The van der Waals surface area contributed by atoms with Crippen LogP contribution in [-0.4, -0.2) is 46.8 Å². The van der Waals surface area contributed by atoms with Gasteiger partial charge in [-0.05, 0) is 18.8 Å². The molecule has 0 spiro atoms. The van der Waals surface area contributed by atoms with Crippen LogP contribution in [0.2, 0.25) is 0 Å². The number of aliphatic hydroxyl groups is 2. The third-order valence-electron chi connectivity index (χ3n) is 9.03. The van der Waals surface area contributed by atoms with Gasteiger partial charge < -0.3 is 15.1 Å². The first-order chi connectivity index (χ1) is 20.1. The third kappa shape index (κ3) is 27.9. The van der Waals surface area contributed by atoms with Crippen molar-refractivity contribution in [2.45, 2.75) is 207 Å². The fourth-order valence-electron chi connectivity index (χ4n) is 6.05. The lowest BCUT2D eigenvalue weighted by molar-refractivity contribution is -0.134. The molecule has 0 aromatic heterocycles. The summed E-state index contributed by atoms with van der Waals surface area (Å²) in [6, 6.07) is 0. The Morgan fingerprint density at radius 3 is 1.29 bits per heavy atom. The summed E-state index contributed by atoms with van der Waals surface area (Å²) in [5.74, 6) is 0.605. The molecule has 2 N–H and O–H groups in total. The molecule has 0 bridgehead atoms. The lowest BCUT2D eigenvalue weighted by Gasteiger charge is -2.27. The van der Waals surface area contributed by atoms with Gasteiger partial charge in [0.05, 0.1) is 12.7 Å². The van der Waals surface area contributed by atoms with Crippen LogP contribution in [0, 0.1) is 5.92 Å². The summed E-state index contributed by atoms with van der Waals surface area (Å²) in [5.41, 5.74) is 0. The summed E-state index contributed by atoms with van der Waals surface area (Å²) >= 11 is 0.